The number of hydrogen-bond acceptors (Lipinski definition) is 2. The fourth-order valence-electron chi connectivity index (χ4n) is 3.25. The highest BCUT2D eigenvalue weighted by atomic mass is 16.3. The molecule has 3 N–H and O–H groups in total. The first-order valence-corrected chi connectivity index (χ1v) is 7.80. The molecule has 1 aliphatic rings. The highest BCUT2D eigenvalue weighted by Crippen LogP contribution is 2.34. The Hall–Kier alpha value is -1.32. The van der Waals surface area contributed by atoms with Crippen LogP contribution in [0.25, 0.3) is 10.9 Å². The van der Waals surface area contributed by atoms with Gasteiger partial charge in [-0.2, -0.15) is 0 Å². The van der Waals surface area contributed by atoms with Crippen LogP contribution in [-0.2, 0) is 6.42 Å². The number of para-hydroxylation sites is 1. The van der Waals surface area contributed by atoms with Gasteiger partial charge in [0.2, 0.25) is 0 Å². The minimum atomic E-state index is -0.173. The maximum absolute atomic E-state index is 9.65. The first kappa shape index (κ1) is 13.7. The van der Waals surface area contributed by atoms with E-state index in [4.69, 9.17) is 0 Å². The van der Waals surface area contributed by atoms with E-state index < -0.39 is 0 Å². The molecule has 2 aromatic rings. The van der Waals surface area contributed by atoms with Crippen LogP contribution in [0.5, 0.6) is 0 Å². The SMILES string of the molecule is CCC(O)CCNC1CCCc2c1[nH]c1ccccc21. The second kappa shape index (κ2) is 5.98. The summed E-state index contributed by atoms with van der Waals surface area (Å²) in [6, 6.07) is 8.99. The molecule has 0 aliphatic heterocycles. The van der Waals surface area contributed by atoms with Crippen LogP contribution in [-0.4, -0.2) is 22.7 Å². The van der Waals surface area contributed by atoms with Crippen LogP contribution in [0.1, 0.15) is 49.9 Å². The number of aliphatic hydroxyl groups excluding tert-OH is 1. The Morgan fingerprint density at radius 1 is 1.40 bits per heavy atom. The van der Waals surface area contributed by atoms with Gasteiger partial charge < -0.3 is 15.4 Å². The zero-order valence-corrected chi connectivity index (χ0v) is 12.2. The summed E-state index contributed by atoms with van der Waals surface area (Å²) in [5.41, 5.74) is 4.10. The number of benzene rings is 1. The van der Waals surface area contributed by atoms with E-state index >= 15 is 0 Å². The van der Waals surface area contributed by atoms with Crippen LogP contribution in [0.15, 0.2) is 24.3 Å². The van der Waals surface area contributed by atoms with Crippen molar-refractivity contribution in [3.8, 4) is 0 Å². The molecule has 0 radical (unpaired) electrons. The standard InChI is InChI=1S/C17H24N2O/c1-2-12(20)10-11-18-16-9-5-7-14-13-6-3-4-8-15(13)19-17(14)16/h3-4,6,8,12,16,18-20H,2,5,7,9-11H2,1H3. The van der Waals surface area contributed by atoms with Gasteiger partial charge in [-0.25, -0.2) is 0 Å². The molecule has 0 amide bonds. The number of rotatable bonds is 5. The molecule has 20 heavy (non-hydrogen) atoms. The van der Waals surface area contributed by atoms with Crippen molar-refractivity contribution >= 4 is 10.9 Å². The average Bonchev–Trinajstić information content (AvgIpc) is 2.86. The lowest BCUT2D eigenvalue weighted by Crippen LogP contribution is -2.28. The fourth-order valence-corrected chi connectivity index (χ4v) is 3.25. The van der Waals surface area contributed by atoms with E-state index in [2.05, 4.69) is 34.6 Å². The number of H-pyrrole nitrogens is 1. The van der Waals surface area contributed by atoms with Gasteiger partial charge in [0.15, 0.2) is 0 Å². The Morgan fingerprint density at radius 3 is 3.10 bits per heavy atom. The maximum atomic E-state index is 9.65. The molecule has 1 aromatic carbocycles. The van der Waals surface area contributed by atoms with E-state index in [9.17, 15) is 5.11 Å². The van der Waals surface area contributed by atoms with Crippen LogP contribution >= 0.6 is 0 Å². The summed E-state index contributed by atoms with van der Waals surface area (Å²) >= 11 is 0. The number of aromatic nitrogens is 1. The molecule has 3 nitrogen and oxygen atoms in total. The summed E-state index contributed by atoms with van der Waals surface area (Å²) < 4.78 is 0. The van der Waals surface area contributed by atoms with Crippen LogP contribution in [0.3, 0.4) is 0 Å². The van der Waals surface area contributed by atoms with E-state index in [1.807, 2.05) is 6.92 Å². The zero-order chi connectivity index (χ0) is 13.9. The van der Waals surface area contributed by atoms with Crippen molar-refractivity contribution in [1.29, 1.82) is 0 Å². The van der Waals surface area contributed by atoms with Crippen molar-refractivity contribution in [1.82, 2.24) is 10.3 Å². The molecule has 2 atom stereocenters. The molecule has 1 aromatic heterocycles. The van der Waals surface area contributed by atoms with Gasteiger partial charge in [0.25, 0.3) is 0 Å². The summed E-state index contributed by atoms with van der Waals surface area (Å²) in [6.45, 7) is 2.91. The number of hydrogen-bond donors (Lipinski definition) is 3. The molecule has 0 fully saturated rings. The summed E-state index contributed by atoms with van der Waals surface area (Å²) in [5, 5.41) is 14.6. The predicted octanol–water partition coefficient (Wildman–Crippen LogP) is 3.30. The second-order valence-electron chi connectivity index (χ2n) is 5.81. The third-order valence-corrected chi connectivity index (χ3v) is 4.45. The molecule has 0 saturated carbocycles. The fraction of sp³-hybridized carbons (Fsp3) is 0.529. The largest absolute Gasteiger partial charge is 0.393 e. The third-order valence-electron chi connectivity index (χ3n) is 4.45. The van der Waals surface area contributed by atoms with Crippen molar-refractivity contribution in [3.05, 3.63) is 35.5 Å². The summed E-state index contributed by atoms with van der Waals surface area (Å²) in [4.78, 5) is 3.59. The number of nitrogens with one attached hydrogen (secondary N) is 2. The van der Waals surface area contributed by atoms with Gasteiger partial charge in [-0.05, 0) is 50.3 Å². The van der Waals surface area contributed by atoms with Gasteiger partial charge in [0.1, 0.15) is 0 Å². The molecular formula is C17H24N2O. The number of aromatic amines is 1. The Bertz CT molecular complexity index is 575. The topological polar surface area (TPSA) is 48.0 Å². The van der Waals surface area contributed by atoms with Crippen molar-refractivity contribution in [2.24, 2.45) is 0 Å². The van der Waals surface area contributed by atoms with E-state index in [0.29, 0.717) is 6.04 Å². The molecule has 0 spiro atoms. The molecule has 2 unspecified atom stereocenters. The van der Waals surface area contributed by atoms with Crippen LogP contribution in [0.2, 0.25) is 0 Å². The van der Waals surface area contributed by atoms with E-state index in [-0.39, 0.29) is 6.10 Å². The maximum Gasteiger partial charge on any atom is 0.0549 e. The lowest BCUT2D eigenvalue weighted by Gasteiger charge is -2.24. The summed E-state index contributed by atoms with van der Waals surface area (Å²) in [5.74, 6) is 0. The second-order valence-corrected chi connectivity index (χ2v) is 5.81. The molecule has 1 heterocycles. The van der Waals surface area contributed by atoms with Crippen LogP contribution < -0.4 is 5.32 Å². The lowest BCUT2D eigenvalue weighted by molar-refractivity contribution is 0.158. The number of fused-ring (bicyclic) bond motifs is 3. The quantitative estimate of drug-likeness (QED) is 0.782. The first-order valence-electron chi connectivity index (χ1n) is 7.80. The molecule has 108 valence electrons. The molecule has 0 saturated heterocycles. The average molecular weight is 272 g/mol. The van der Waals surface area contributed by atoms with Gasteiger partial charge >= 0.3 is 0 Å². The third kappa shape index (κ3) is 2.60. The highest BCUT2D eigenvalue weighted by Gasteiger charge is 2.23. The zero-order valence-electron chi connectivity index (χ0n) is 12.2. The van der Waals surface area contributed by atoms with Crippen LogP contribution in [0, 0.1) is 0 Å². The number of aryl methyl sites for hydroxylation is 1. The molecular weight excluding hydrogens is 248 g/mol. The van der Waals surface area contributed by atoms with E-state index in [1.165, 1.54) is 41.4 Å². The lowest BCUT2D eigenvalue weighted by atomic mass is 9.91. The van der Waals surface area contributed by atoms with Crippen molar-refractivity contribution in [2.75, 3.05) is 6.54 Å². The summed E-state index contributed by atoms with van der Waals surface area (Å²) in [7, 11) is 0. The van der Waals surface area contributed by atoms with Gasteiger partial charge in [0, 0.05) is 22.6 Å². The van der Waals surface area contributed by atoms with Gasteiger partial charge in [-0.15, -0.1) is 0 Å². The van der Waals surface area contributed by atoms with Crippen molar-refractivity contribution in [3.63, 3.8) is 0 Å². The Morgan fingerprint density at radius 2 is 2.25 bits per heavy atom. The van der Waals surface area contributed by atoms with E-state index in [0.717, 1.165) is 19.4 Å². The minimum Gasteiger partial charge on any atom is -0.393 e. The number of aliphatic hydroxyl groups is 1. The van der Waals surface area contributed by atoms with Crippen LogP contribution in [0.4, 0.5) is 0 Å². The molecule has 1 aliphatic carbocycles. The van der Waals surface area contributed by atoms with E-state index in [1.54, 1.807) is 0 Å². The molecule has 3 rings (SSSR count). The van der Waals surface area contributed by atoms with Crippen molar-refractivity contribution < 1.29 is 5.11 Å². The summed E-state index contributed by atoms with van der Waals surface area (Å²) in [6.07, 6.45) is 5.10. The minimum absolute atomic E-state index is 0.173. The van der Waals surface area contributed by atoms with Gasteiger partial charge in [-0.1, -0.05) is 25.1 Å². The Kier molecular flexibility index (Phi) is 4.08. The highest BCUT2D eigenvalue weighted by molar-refractivity contribution is 5.85. The monoisotopic (exact) mass is 272 g/mol. The van der Waals surface area contributed by atoms with Crippen molar-refractivity contribution in [2.45, 2.75) is 51.2 Å². The first-order chi connectivity index (χ1) is 9.79. The normalized spacial score (nSPS) is 20.0. The Balaban J connectivity index is 1.76. The molecule has 0 bridgehead atoms. The smallest absolute Gasteiger partial charge is 0.0549 e. The van der Waals surface area contributed by atoms with Gasteiger partial charge in [-0.3, -0.25) is 0 Å². The predicted molar refractivity (Wildman–Crippen MR) is 82.9 cm³/mol. The molecule has 3 heteroatoms. The van der Waals surface area contributed by atoms with Gasteiger partial charge in [0.05, 0.1) is 6.10 Å². The Labute approximate surface area is 120 Å².